The van der Waals surface area contributed by atoms with E-state index in [0.29, 0.717) is 18.3 Å². The van der Waals surface area contributed by atoms with Gasteiger partial charge < -0.3 is 14.5 Å². The van der Waals surface area contributed by atoms with Crippen molar-refractivity contribution in [3.8, 4) is 5.88 Å². The molecule has 1 N–H and O–H groups in total. The fraction of sp³-hybridized carbons (Fsp3) is 0.600. The topological polar surface area (TPSA) is 64.2 Å². The summed E-state index contributed by atoms with van der Waals surface area (Å²) in [5.74, 6) is 0.927. The molecule has 1 saturated heterocycles. The van der Waals surface area contributed by atoms with Gasteiger partial charge in [-0.05, 0) is 19.8 Å². The van der Waals surface area contributed by atoms with Crippen molar-refractivity contribution in [1.29, 1.82) is 0 Å². The lowest BCUT2D eigenvalue weighted by molar-refractivity contribution is 0.0662. The molecule has 15 heavy (non-hydrogen) atoms. The fourth-order valence-corrected chi connectivity index (χ4v) is 1.58. The molecule has 2 rings (SSSR count). The first-order valence-corrected chi connectivity index (χ1v) is 5.06. The molecule has 1 unspecified atom stereocenters. The summed E-state index contributed by atoms with van der Waals surface area (Å²) in [4.78, 5) is 17.7. The van der Waals surface area contributed by atoms with Crippen LogP contribution in [0.3, 0.4) is 0 Å². The van der Waals surface area contributed by atoms with Crippen LogP contribution in [0.25, 0.3) is 0 Å². The zero-order chi connectivity index (χ0) is 10.7. The molecule has 0 spiro atoms. The molecular formula is C10H14N2O3. The number of aromatic amines is 1. The average Bonchev–Trinajstić information content (AvgIpc) is 2.65. The number of hydrogen-bond donors (Lipinski definition) is 1. The molecular weight excluding hydrogens is 196 g/mol. The maximum atomic E-state index is 11.1. The van der Waals surface area contributed by atoms with Crippen LogP contribution >= 0.6 is 0 Å². The van der Waals surface area contributed by atoms with E-state index in [1.807, 2.05) is 0 Å². The molecule has 2 heterocycles. The van der Waals surface area contributed by atoms with Gasteiger partial charge in [-0.15, -0.1) is 0 Å². The Hall–Kier alpha value is -1.36. The molecule has 0 amide bonds. The predicted octanol–water partition coefficient (Wildman–Crippen LogP) is 0.636. The highest BCUT2D eigenvalue weighted by Gasteiger charge is 2.16. The number of hydrogen-bond acceptors (Lipinski definition) is 4. The van der Waals surface area contributed by atoms with E-state index in [1.54, 1.807) is 6.92 Å². The van der Waals surface area contributed by atoms with Gasteiger partial charge >= 0.3 is 0 Å². The van der Waals surface area contributed by atoms with Crippen LogP contribution < -0.4 is 10.3 Å². The molecule has 0 saturated carbocycles. The van der Waals surface area contributed by atoms with Gasteiger partial charge in [-0.3, -0.25) is 4.79 Å². The molecule has 1 aromatic rings. The number of ether oxygens (including phenoxy) is 2. The Labute approximate surface area is 87.4 Å². The van der Waals surface area contributed by atoms with Crippen LogP contribution in [0.2, 0.25) is 0 Å². The monoisotopic (exact) mass is 210 g/mol. The number of aromatic nitrogens is 2. The molecule has 1 fully saturated rings. The lowest BCUT2D eigenvalue weighted by Gasteiger charge is -2.10. The number of aryl methyl sites for hydroxylation is 1. The molecule has 5 nitrogen and oxygen atoms in total. The van der Waals surface area contributed by atoms with Gasteiger partial charge in [-0.25, -0.2) is 4.98 Å². The minimum absolute atomic E-state index is 0.145. The van der Waals surface area contributed by atoms with Crippen LogP contribution in [-0.4, -0.2) is 29.3 Å². The summed E-state index contributed by atoms with van der Waals surface area (Å²) >= 11 is 0. The van der Waals surface area contributed by atoms with Gasteiger partial charge in [-0.1, -0.05) is 0 Å². The Kier molecular flexibility index (Phi) is 3.01. The van der Waals surface area contributed by atoms with Crippen LogP contribution in [0.4, 0.5) is 0 Å². The third-order valence-corrected chi connectivity index (χ3v) is 2.28. The van der Waals surface area contributed by atoms with Gasteiger partial charge in [0.05, 0.1) is 12.2 Å². The van der Waals surface area contributed by atoms with Gasteiger partial charge in [0, 0.05) is 6.61 Å². The van der Waals surface area contributed by atoms with Crippen LogP contribution in [0.5, 0.6) is 5.88 Å². The van der Waals surface area contributed by atoms with Crippen molar-refractivity contribution in [3.05, 3.63) is 22.2 Å². The summed E-state index contributed by atoms with van der Waals surface area (Å²) in [5, 5.41) is 0. The minimum Gasteiger partial charge on any atom is -0.475 e. The number of nitrogens with zero attached hydrogens (tertiary/aromatic N) is 1. The average molecular weight is 210 g/mol. The van der Waals surface area contributed by atoms with E-state index >= 15 is 0 Å². The summed E-state index contributed by atoms with van der Waals surface area (Å²) in [6.07, 6.45) is 2.24. The second-order valence-corrected chi connectivity index (χ2v) is 3.62. The molecule has 1 atom stereocenters. The summed E-state index contributed by atoms with van der Waals surface area (Å²) in [6, 6.07) is 1.35. The number of nitrogens with one attached hydrogen (secondary N) is 1. The lowest BCUT2D eigenvalue weighted by atomic mass is 10.2. The van der Waals surface area contributed by atoms with Crippen LogP contribution in [-0.2, 0) is 4.74 Å². The fourth-order valence-electron chi connectivity index (χ4n) is 1.58. The van der Waals surface area contributed by atoms with E-state index in [2.05, 4.69) is 9.97 Å². The van der Waals surface area contributed by atoms with E-state index in [-0.39, 0.29) is 11.7 Å². The second kappa shape index (κ2) is 4.44. The molecule has 1 aromatic heterocycles. The molecule has 0 bridgehead atoms. The highest BCUT2D eigenvalue weighted by Crippen LogP contribution is 2.13. The molecule has 1 aliphatic heterocycles. The van der Waals surface area contributed by atoms with E-state index in [4.69, 9.17) is 9.47 Å². The van der Waals surface area contributed by atoms with Crippen molar-refractivity contribution < 1.29 is 9.47 Å². The van der Waals surface area contributed by atoms with Gasteiger partial charge in [0.15, 0.2) is 0 Å². The van der Waals surface area contributed by atoms with Crippen molar-refractivity contribution in [3.63, 3.8) is 0 Å². The summed E-state index contributed by atoms with van der Waals surface area (Å²) in [6.45, 7) is 2.99. The van der Waals surface area contributed by atoms with Gasteiger partial charge in [-0.2, -0.15) is 0 Å². The lowest BCUT2D eigenvalue weighted by Crippen LogP contribution is -2.18. The highest BCUT2D eigenvalue weighted by molar-refractivity contribution is 5.08. The largest absolute Gasteiger partial charge is 0.475 e. The maximum absolute atomic E-state index is 11.1. The maximum Gasteiger partial charge on any atom is 0.254 e. The van der Waals surface area contributed by atoms with E-state index < -0.39 is 0 Å². The Morgan fingerprint density at radius 2 is 2.60 bits per heavy atom. The second-order valence-electron chi connectivity index (χ2n) is 3.62. The summed E-state index contributed by atoms with van der Waals surface area (Å²) in [7, 11) is 0. The first-order valence-electron chi connectivity index (χ1n) is 5.06. The third kappa shape index (κ3) is 2.79. The normalized spacial score (nSPS) is 20.5. The van der Waals surface area contributed by atoms with Crippen molar-refractivity contribution in [1.82, 2.24) is 9.97 Å². The van der Waals surface area contributed by atoms with Crippen LogP contribution in [0, 0.1) is 6.92 Å². The Balaban J connectivity index is 1.95. The van der Waals surface area contributed by atoms with E-state index in [0.717, 1.165) is 19.4 Å². The van der Waals surface area contributed by atoms with E-state index in [9.17, 15) is 4.79 Å². The van der Waals surface area contributed by atoms with Gasteiger partial charge in [0.1, 0.15) is 12.4 Å². The number of rotatable bonds is 3. The first kappa shape index (κ1) is 10.2. The van der Waals surface area contributed by atoms with Gasteiger partial charge in [0.2, 0.25) is 5.88 Å². The Morgan fingerprint density at radius 3 is 3.27 bits per heavy atom. The zero-order valence-electron chi connectivity index (χ0n) is 8.66. The van der Waals surface area contributed by atoms with Crippen molar-refractivity contribution in [2.24, 2.45) is 0 Å². The predicted molar refractivity (Wildman–Crippen MR) is 54.1 cm³/mol. The van der Waals surface area contributed by atoms with E-state index in [1.165, 1.54) is 6.07 Å². The molecule has 0 radical (unpaired) electrons. The highest BCUT2D eigenvalue weighted by atomic mass is 16.5. The van der Waals surface area contributed by atoms with Crippen LogP contribution in [0.15, 0.2) is 10.9 Å². The quantitative estimate of drug-likeness (QED) is 0.795. The Bertz CT molecular complexity index is 382. The third-order valence-electron chi connectivity index (χ3n) is 2.28. The molecule has 1 aliphatic rings. The first-order chi connectivity index (χ1) is 7.24. The molecule has 0 aromatic carbocycles. The van der Waals surface area contributed by atoms with Crippen LogP contribution in [0.1, 0.15) is 18.7 Å². The minimum atomic E-state index is -0.190. The summed E-state index contributed by atoms with van der Waals surface area (Å²) < 4.78 is 10.8. The van der Waals surface area contributed by atoms with Crippen molar-refractivity contribution >= 4 is 0 Å². The van der Waals surface area contributed by atoms with Crippen molar-refractivity contribution in [2.75, 3.05) is 13.2 Å². The summed E-state index contributed by atoms with van der Waals surface area (Å²) in [5.41, 5.74) is -0.190. The molecule has 0 aliphatic carbocycles. The smallest absolute Gasteiger partial charge is 0.254 e. The SMILES string of the molecule is Cc1nc(OCC2CCCO2)cc(=O)[nH]1. The standard InChI is InChI=1S/C10H14N2O3/c1-7-11-9(13)5-10(12-7)15-6-8-3-2-4-14-8/h5,8H,2-4,6H2,1H3,(H,11,12,13). The Morgan fingerprint density at radius 1 is 1.73 bits per heavy atom. The molecule has 5 heteroatoms. The number of H-pyrrole nitrogens is 1. The van der Waals surface area contributed by atoms with Gasteiger partial charge in [0.25, 0.3) is 5.56 Å². The van der Waals surface area contributed by atoms with Crippen molar-refractivity contribution in [2.45, 2.75) is 25.9 Å². The molecule has 82 valence electrons. The zero-order valence-corrected chi connectivity index (χ0v) is 8.66.